The highest BCUT2D eigenvalue weighted by Gasteiger charge is 2.23. The third-order valence-corrected chi connectivity index (χ3v) is 4.08. The first-order valence-corrected chi connectivity index (χ1v) is 7.13. The summed E-state index contributed by atoms with van der Waals surface area (Å²) in [5.74, 6) is -2.21. The summed E-state index contributed by atoms with van der Waals surface area (Å²) in [6, 6.07) is 1.60. The van der Waals surface area contributed by atoms with Gasteiger partial charge in [0.2, 0.25) is 0 Å². The third-order valence-electron chi connectivity index (χ3n) is 2.72. The maximum atomic E-state index is 13.8. The Labute approximate surface area is 114 Å². The highest BCUT2D eigenvalue weighted by Crippen LogP contribution is 2.25. The number of H-pyrrole nitrogens is 1. The number of sulfonamides is 1. The molecule has 4 N–H and O–H groups in total. The van der Waals surface area contributed by atoms with E-state index in [1.54, 1.807) is 6.92 Å². The highest BCUT2D eigenvalue weighted by atomic mass is 32.2. The molecule has 0 amide bonds. The summed E-state index contributed by atoms with van der Waals surface area (Å²) >= 11 is 0. The molecule has 2 rings (SSSR count). The van der Waals surface area contributed by atoms with Gasteiger partial charge in [-0.2, -0.15) is 5.10 Å². The largest absolute Gasteiger partial charge is 0.394 e. The fourth-order valence-corrected chi connectivity index (χ4v) is 2.76. The van der Waals surface area contributed by atoms with E-state index >= 15 is 0 Å². The molecule has 9 heteroatoms. The van der Waals surface area contributed by atoms with Crippen molar-refractivity contribution >= 4 is 21.5 Å². The van der Waals surface area contributed by atoms with Crippen molar-refractivity contribution in [2.45, 2.75) is 18.2 Å². The van der Waals surface area contributed by atoms with Crippen LogP contribution in [0.5, 0.6) is 0 Å². The van der Waals surface area contributed by atoms with E-state index < -0.39 is 32.2 Å². The van der Waals surface area contributed by atoms with Crippen LogP contribution in [0, 0.1) is 11.6 Å². The zero-order valence-electron chi connectivity index (χ0n) is 10.4. The summed E-state index contributed by atoms with van der Waals surface area (Å²) < 4.78 is 53.1. The van der Waals surface area contributed by atoms with Gasteiger partial charge in [0.1, 0.15) is 22.2 Å². The van der Waals surface area contributed by atoms with E-state index in [-0.39, 0.29) is 5.82 Å². The van der Waals surface area contributed by atoms with Crippen LogP contribution in [0.4, 0.5) is 20.3 Å². The summed E-state index contributed by atoms with van der Waals surface area (Å²) in [5.41, 5.74) is 4.92. The van der Waals surface area contributed by atoms with Crippen molar-refractivity contribution in [1.82, 2.24) is 10.2 Å². The third kappa shape index (κ3) is 2.44. The van der Waals surface area contributed by atoms with Gasteiger partial charge in [-0.25, -0.2) is 17.2 Å². The Bertz CT molecular complexity index is 743. The number of nitrogens with zero attached hydrogens (tertiary/aromatic N) is 1. The van der Waals surface area contributed by atoms with Gasteiger partial charge in [-0.1, -0.05) is 6.92 Å². The molecule has 1 heterocycles. The van der Waals surface area contributed by atoms with Crippen LogP contribution >= 0.6 is 0 Å². The molecule has 0 aliphatic rings. The Morgan fingerprint density at radius 2 is 2.10 bits per heavy atom. The number of hydrogen-bond donors (Lipinski definition) is 3. The number of nitrogens with two attached hydrogens (primary N) is 1. The van der Waals surface area contributed by atoms with E-state index in [4.69, 9.17) is 5.73 Å². The Hall–Kier alpha value is -2.16. The Morgan fingerprint density at radius 1 is 1.40 bits per heavy atom. The van der Waals surface area contributed by atoms with Crippen LogP contribution in [0.15, 0.2) is 23.2 Å². The topological polar surface area (TPSA) is 101 Å². The lowest BCUT2D eigenvalue weighted by Gasteiger charge is -2.10. The molecule has 0 saturated carbocycles. The number of nitrogen functional groups attached to an aromatic ring is 1. The lowest BCUT2D eigenvalue weighted by molar-refractivity contribution is 0.557. The molecule has 0 bridgehead atoms. The number of aromatic amines is 1. The van der Waals surface area contributed by atoms with Crippen molar-refractivity contribution in [3.63, 3.8) is 0 Å². The molecule has 0 aliphatic carbocycles. The van der Waals surface area contributed by atoms with E-state index in [9.17, 15) is 17.2 Å². The van der Waals surface area contributed by atoms with Gasteiger partial charge < -0.3 is 5.73 Å². The Balaban J connectivity index is 2.44. The van der Waals surface area contributed by atoms with Crippen molar-refractivity contribution in [1.29, 1.82) is 0 Å². The second-order valence-electron chi connectivity index (χ2n) is 4.00. The number of benzene rings is 1. The van der Waals surface area contributed by atoms with Crippen LogP contribution in [0.25, 0.3) is 0 Å². The zero-order valence-corrected chi connectivity index (χ0v) is 11.3. The van der Waals surface area contributed by atoms with Gasteiger partial charge in [0.25, 0.3) is 10.0 Å². The zero-order chi connectivity index (χ0) is 14.9. The quantitative estimate of drug-likeness (QED) is 0.747. The van der Waals surface area contributed by atoms with E-state index in [1.807, 2.05) is 0 Å². The van der Waals surface area contributed by atoms with E-state index in [2.05, 4.69) is 14.9 Å². The van der Waals surface area contributed by atoms with E-state index in [1.165, 1.54) is 6.20 Å². The molecule has 2 aromatic rings. The molecule has 0 aliphatic heterocycles. The second-order valence-corrected chi connectivity index (χ2v) is 5.65. The second kappa shape index (κ2) is 5.08. The minimum Gasteiger partial charge on any atom is -0.394 e. The van der Waals surface area contributed by atoms with Crippen LogP contribution in [0.2, 0.25) is 0 Å². The molecule has 0 fully saturated rings. The van der Waals surface area contributed by atoms with Crippen molar-refractivity contribution in [2.75, 3.05) is 10.5 Å². The lowest BCUT2D eigenvalue weighted by atomic mass is 10.3. The van der Waals surface area contributed by atoms with Crippen LogP contribution < -0.4 is 10.5 Å². The van der Waals surface area contributed by atoms with Crippen LogP contribution in [-0.4, -0.2) is 18.6 Å². The average Bonchev–Trinajstić information content (AvgIpc) is 2.82. The molecular weight excluding hydrogens is 290 g/mol. The number of anilines is 2. The first-order chi connectivity index (χ1) is 9.36. The Morgan fingerprint density at radius 3 is 2.75 bits per heavy atom. The van der Waals surface area contributed by atoms with E-state index in [0.29, 0.717) is 12.0 Å². The first-order valence-electron chi connectivity index (χ1n) is 5.65. The highest BCUT2D eigenvalue weighted by molar-refractivity contribution is 7.92. The normalized spacial score (nSPS) is 11.6. The molecule has 0 spiro atoms. The lowest BCUT2D eigenvalue weighted by Crippen LogP contribution is -2.17. The smallest absolute Gasteiger partial charge is 0.266 e. The maximum Gasteiger partial charge on any atom is 0.266 e. The van der Waals surface area contributed by atoms with Crippen LogP contribution in [0.1, 0.15) is 12.5 Å². The van der Waals surface area contributed by atoms with E-state index in [0.717, 1.165) is 12.1 Å². The molecule has 20 heavy (non-hydrogen) atoms. The molecule has 6 nitrogen and oxygen atoms in total. The van der Waals surface area contributed by atoms with Gasteiger partial charge in [0, 0.05) is 5.56 Å². The number of hydrogen-bond acceptors (Lipinski definition) is 4. The number of halogens is 2. The molecule has 0 atom stereocenters. The van der Waals surface area contributed by atoms with Gasteiger partial charge >= 0.3 is 0 Å². The van der Waals surface area contributed by atoms with Crippen molar-refractivity contribution in [2.24, 2.45) is 0 Å². The molecule has 108 valence electrons. The standard InChI is InChI=1S/C11H12F2N4O2S/c1-2-6-5-15-16-11(6)17-20(18,19)8-4-3-7(12)10(14)9(8)13/h3-5H,2,14H2,1H3,(H2,15,16,17). The van der Waals surface area contributed by atoms with Crippen LogP contribution in [0.3, 0.4) is 0 Å². The minimum atomic E-state index is -4.23. The molecule has 1 aromatic carbocycles. The molecule has 0 saturated heterocycles. The van der Waals surface area contributed by atoms with Gasteiger partial charge in [-0.3, -0.25) is 9.82 Å². The fraction of sp³-hybridized carbons (Fsp3) is 0.182. The van der Waals surface area contributed by atoms with Gasteiger partial charge in [-0.15, -0.1) is 0 Å². The molecule has 0 radical (unpaired) electrons. The average molecular weight is 302 g/mol. The fourth-order valence-electron chi connectivity index (χ4n) is 1.61. The molecular formula is C11H12F2N4O2S. The number of nitrogens with one attached hydrogen (secondary N) is 2. The van der Waals surface area contributed by atoms with Gasteiger partial charge in [0.05, 0.1) is 6.20 Å². The van der Waals surface area contributed by atoms with Crippen molar-refractivity contribution in [3.8, 4) is 0 Å². The monoisotopic (exact) mass is 302 g/mol. The van der Waals surface area contributed by atoms with Gasteiger partial charge in [0.15, 0.2) is 5.82 Å². The SMILES string of the molecule is CCc1cn[nH]c1NS(=O)(=O)c1ccc(F)c(N)c1F. The molecule has 1 aromatic heterocycles. The first kappa shape index (κ1) is 14.3. The minimum absolute atomic E-state index is 0.134. The maximum absolute atomic E-state index is 13.8. The summed E-state index contributed by atoms with van der Waals surface area (Å²) in [6.07, 6.45) is 1.98. The predicted molar refractivity (Wildman–Crippen MR) is 69.5 cm³/mol. The number of rotatable bonds is 4. The van der Waals surface area contributed by atoms with Crippen molar-refractivity contribution in [3.05, 3.63) is 35.5 Å². The molecule has 0 unspecified atom stereocenters. The Kier molecular flexibility index (Phi) is 3.62. The number of aryl methyl sites for hydroxylation is 1. The summed E-state index contributed by atoms with van der Waals surface area (Å²) in [4.78, 5) is -0.729. The summed E-state index contributed by atoms with van der Waals surface area (Å²) in [5, 5.41) is 6.15. The number of aromatic nitrogens is 2. The van der Waals surface area contributed by atoms with Crippen LogP contribution in [-0.2, 0) is 16.4 Å². The van der Waals surface area contributed by atoms with Crippen molar-refractivity contribution < 1.29 is 17.2 Å². The van der Waals surface area contributed by atoms with Gasteiger partial charge in [-0.05, 0) is 18.6 Å². The predicted octanol–water partition coefficient (Wildman–Crippen LogP) is 1.63. The summed E-state index contributed by atoms with van der Waals surface area (Å²) in [6.45, 7) is 1.80. The summed E-state index contributed by atoms with van der Waals surface area (Å²) in [7, 11) is -4.23.